The molecule has 3 rings (SSSR count). The Bertz CT molecular complexity index is 742. The van der Waals surface area contributed by atoms with Crippen LogP contribution >= 0.6 is 23.2 Å². The molecule has 0 saturated carbocycles. The minimum atomic E-state index is 0.495. The van der Waals surface area contributed by atoms with Gasteiger partial charge >= 0.3 is 0 Å². The van der Waals surface area contributed by atoms with E-state index in [2.05, 4.69) is 20.6 Å². The zero-order valence-electron chi connectivity index (χ0n) is 11.4. The maximum absolute atomic E-state index is 5.97. The summed E-state index contributed by atoms with van der Waals surface area (Å²) in [5, 5.41) is 7.34. The predicted octanol–water partition coefficient (Wildman–Crippen LogP) is 4.73. The van der Waals surface area contributed by atoms with Gasteiger partial charge in [-0.1, -0.05) is 23.2 Å². The van der Waals surface area contributed by atoms with Crippen molar-refractivity contribution in [1.82, 2.24) is 9.97 Å². The highest BCUT2D eigenvalue weighted by Gasteiger charge is 2.03. The van der Waals surface area contributed by atoms with Gasteiger partial charge in [-0.2, -0.15) is 4.98 Å². The summed E-state index contributed by atoms with van der Waals surface area (Å²) in [6.07, 6.45) is 3.28. The van der Waals surface area contributed by atoms with Crippen molar-refractivity contribution in [3.05, 3.63) is 64.7 Å². The van der Waals surface area contributed by atoms with Crippen LogP contribution in [0.3, 0.4) is 0 Å². The summed E-state index contributed by atoms with van der Waals surface area (Å²) in [6.45, 7) is 0.513. The van der Waals surface area contributed by atoms with Crippen molar-refractivity contribution in [1.29, 1.82) is 0 Å². The number of nitrogens with one attached hydrogen (secondary N) is 2. The van der Waals surface area contributed by atoms with E-state index in [1.54, 1.807) is 36.7 Å². The van der Waals surface area contributed by atoms with Crippen LogP contribution < -0.4 is 10.6 Å². The Hall–Kier alpha value is -2.24. The summed E-state index contributed by atoms with van der Waals surface area (Å²) in [5.41, 5.74) is 0.758. The molecule has 0 amide bonds. The second-order valence-corrected chi connectivity index (χ2v) is 5.35. The van der Waals surface area contributed by atoms with Gasteiger partial charge in [0.2, 0.25) is 5.95 Å². The lowest BCUT2D eigenvalue weighted by Crippen LogP contribution is -2.04. The van der Waals surface area contributed by atoms with Crippen molar-refractivity contribution in [2.45, 2.75) is 6.54 Å². The van der Waals surface area contributed by atoms with E-state index in [1.807, 2.05) is 12.1 Å². The van der Waals surface area contributed by atoms with Crippen LogP contribution in [0, 0.1) is 0 Å². The largest absolute Gasteiger partial charge is 0.467 e. The molecular formula is C15H12Cl2N4O. The zero-order valence-corrected chi connectivity index (χ0v) is 12.9. The number of rotatable bonds is 5. The molecule has 2 heterocycles. The molecule has 0 aliphatic carbocycles. The minimum absolute atomic E-state index is 0.495. The Labute approximate surface area is 137 Å². The molecule has 0 fully saturated rings. The molecule has 5 nitrogen and oxygen atoms in total. The number of anilines is 3. The van der Waals surface area contributed by atoms with Crippen molar-refractivity contribution < 1.29 is 4.42 Å². The van der Waals surface area contributed by atoms with E-state index in [9.17, 15) is 0 Å². The van der Waals surface area contributed by atoms with Crippen molar-refractivity contribution in [2.24, 2.45) is 0 Å². The smallest absolute Gasteiger partial charge is 0.224 e. The number of benzene rings is 1. The van der Waals surface area contributed by atoms with E-state index < -0.39 is 0 Å². The number of aromatic nitrogens is 2. The number of nitrogens with zero attached hydrogens (tertiary/aromatic N) is 2. The molecule has 0 aliphatic rings. The third kappa shape index (κ3) is 3.90. The molecule has 3 aromatic rings. The van der Waals surface area contributed by atoms with Gasteiger partial charge in [-0.15, -0.1) is 0 Å². The standard InChI is InChI=1S/C15H12Cl2N4O/c16-10-6-11(17)8-12(7-10)20-14-3-4-18-15(21-14)19-9-13-2-1-5-22-13/h1-8H,9H2,(H2,18,19,20,21). The molecule has 112 valence electrons. The van der Waals surface area contributed by atoms with Gasteiger partial charge in [0.15, 0.2) is 0 Å². The third-order valence-corrected chi connectivity index (χ3v) is 3.23. The number of hydrogen-bond donors (Lipinski definition) is 2. The van der Waals surface area contributed by atoms with Gasteiger partial charge in [0.1, 0.15) is 11.6 Å². The second-order valence-electron chi connectivity index (χ2n) is 4.48. The molecule has 0 bridgehead atoms. The Morgan fingerprint density at radius 2 is 1.91 bits per heavy atom. The molecule has 0 radical (unpaired) electrons. The summed E-state index contributed by atoms with van der Waals surface area (Å²) in [6, 6.07) is 10.7. The van der Waals surface area contributed by atoms with E-state index >= 15 is 0 Å². The van der Waals surface area contributed by atoms with Crippen molar-refractivity contribution in [2.75, 3.05) is 10.6 Å². The molecular weight excluding hydrogens is 323 g/mol. The fraction of sp³-hybridized carbons (Fsp3) is 0.0667. The quantitative estimate of drug-likeness (QED) is 0.706. The molecule has 2 N–H and O–H groups in total. The lowest BCUT2D eigenvalue weighted by molar-refractivity contribution is 0.517. The van der Waals surface area contributed by atoms with Crippen LogP contribution in [-0.4, -0.2) is 9.97 Å². The average Bonchev–Trinajstić information content (AvgIpc) is 2.98. The summed E-state index contributed by atoms with van der Waals surface area (Å²) in [7, 11) is 0. The zero-order chi connectivity index (χ0) is 15.4. The Kier molecular flexibility index (Phi) is 4.46. The maximum Gasteiger partial charge on any atom is 0.224 e. The van der Waals surface area contributed by atoms with Crippen LogP contribution in [0.25, 0.3) is 0 Å². The molecule has 22 heavy (non-hydrogen) atoms. The second kappa shape index (κ2) is 6.68. The van der Waals surface area contributed by atoms with Crippen LogP contribution in [0.5, 0.6) is 0 Å². The van der Waals surface area contributed by atoms with Gasteiger partial charge < -0.3 is 15.1 Å². The van der Waals surface area contributed by atoms with E-state index in [0.717, 1.165) is 11.4 Å². The van der Waals surface area contributed by atoms with Crippen LogP contribution in [-0.2, 0) is 6.54 Å². The fourth-order valence-electron chi connectivity index (χ4n) is 1.87. The van der Waals surface area contributed by atoms with E-state index in [1.165, 1.54) is 0 Å². The van der Waals surface area contributed by atoms with Crippen molar-refractivity contribution >= 4 is 40.7 Å². The third-order valence-electron chi connectivity index (χ3n) is 2.79. The molecule has 2 aromatic heterocycles. The summed E-state index contributed by atoms with van der Waals surface area (Å²) in [4.78, 5) is 8.53. The Balaban J connectivity index is 1.70. The summed E-state index contributed by atoms with van der Waals surface area (Å²) >= 11 is 11.9. The molecule has 0 unspecified atom stereocenters. The maximum atomic E-state index is 5.97. The number of halogens is 2. The average molecular weight is 335 g/mol. The Morgan fingerprint density at radius 1 is 1.09 bits per heavy atom. The lowest BCUT2D eigenvalue weighted by atomic mass is 10.3. The molecule has 0 saturated heterocycles. The fourth-order valence-corrected chi connectivity index (χ4v) is 2.39. The molecule has 0 atom stereocenters. The molecule has 0 aliphatic heterocycles. The van der Waals surface area contributed by atoms with Gasteiger partial charge in [-0.25, -0.2) is 4.98 Å². The molecule has 0 spiro atoms. The first kappa shape index (κ1) is 14.7. The van der Waals surface area contributed by atoms with E-state index in [-0.39, 0.29) is 0 Å². The highest BCUT2D eigenvalue weighted by Crippen LogP contribution is 2.24. The molecule has 1 aromatic carbocycles. The van der Waals surface area contributed by atoms with E-state index in [4.69, 9.17) is 27.6 Å². The first-order chi connectivity index (χ1) is 10.7. The van der Waals surface area contributed by atoms with Crippen LogP contribution in [0.1, 0.15) is 5.76 Å². The predicted molar refractivity (Wildman–Crippen MR) is 87.8 cm³/mol. The van der Waals surface area contributed by atoms with Crippen molar-refractivity contribution in [3.8, 4) is 0 Å². The highest BCUT2D eigenvalue weighted by atomic mass is 35.5. The first-order valence-electron chi connectivity index (χ1n) is 6.51. The molecule has 7 heteroatoms. The summed E-state index contributed by atoms with van der Waals surface area (Å²) < 4.78 is 5.24. The van der Waals surface area contributed by atoms with Crippen LogP contribution in [0.2, 0.25) is 10.0 Å². The lowest BCUT2D eigenvalue weighted by Gasteiger charge is -2.08. The first-order valence-corrected chi connectivity index (χ1v) is 7.27. The summed E-state index contributed by atoms with van der Waals surface area (Å²) in [5.74, 6) is 1.94. The van der Waals surface area contributed by atoms with Gasteiger partial charge in [0, 0.05) is 21.9 Å². The van der Waals surface area contributed by atoms with Crippen LogP contribution in [0.15, 0.2) is 53.3 Å². The Morgan fingerprint density at radius 3 is 2.64 bits per heavy atom. The monoisotopic (exact) mass is 334 g/mol. The topological polar surface area (TPSA) is 63.0 Å². The van der Waals surface area contributed by atoms with E-state index in [0.29, 0.717) is 28.4 Å². The highest BCUT2D eigenvalue weighted by molar-refractivity contribution is 6.35. The normalized spacial score (nSPS) is 10.5. The minimum Gasteiger partial charge on any atom is -0.467 e. The van der Waals surface area contributed by atoms with Gasteiger partial charge in [-0.3, -0.25) is 0 Å². The SMILES string of the molecule is Clc1cc(Cl)cc(Nc2ccnc(NCc3ccco3)n2)c1. The number of furan rings is 1. The van der Waals surface area contributed by atoms with Gasteiger partial charge in [0.25, 0.3) is 0 Å². The van der Waals surface area contributed by atoms with Crippen LogP contribution in [0.4, 0.5) is 17.5 Å². The van der Waals surface area contributed by atoms with Crippen molar-refractivity contribution in [3.63, 3.8) is 0 Å². The van der Waals surface area contributed by atoms with Gasteiger partial charge in [-0.05, 0) is 36.4 Å². The van der Waals surface area contributed by atoms with Gasteiger partial charge in [0.05, 0.1) is 12.8 Å². The number of hydrogen-bond acceptors (Lipinski definition) is 5.